The molecule has 0 amide bonds. The number of alkyl halides is 1. The van der Waals surface area contributed by atoms with E-state index in [9.17, 15) is 4.39 Å². The SMILES string of the molecule is CC(F)Oc1ccc(C(C)(C)C)c2ccccc12. The second-order valence-electron chi connectivity index (χ2n) is 5.57. The van der Waals surface area contributed by atoms with E-state index in [-0.39, 0.29) is 5.41 Å². The lowest BCUT2D eigenvalue weighted by molar-refractivity contribution is 0.0877. The van der Waals surface area contributed by atoms with Crippen LogP contribution in [0.1, 0.15) is 33.3 Å². The molecule has 0 aliphatic carbocycles. The van der Waals surface area contributed by atoms with Gasteiger partial charge in [0.1, 0.15) is 5.75 Å². The standard InChI is InChI=1S/C16H19FO/c1-11(17)18-15-10-9-14(16(2,3)4)12-7-5-6-8-13(12)15/h5-11H,1-4H3. The van der Waals surface area contributed by atoms with Crippen LogP contribution in [0.3, 0.4) is 0 Å². The molecule has 2 rings (SSSR count). The first kappa shape index (κ1) is 12.9. The fraction of sp³-hybridized carbons (Fsp3) is 0.375. The Morgan fingerprint density at radius 3 is 2.17 bits per heavy atom. The van der Waals surface area contributed by atoms with Crippen molar-refractivity contribution in [3.8, 4) is 5.75 Å². The van der Waals surface area contributed by atoms with Crippen LogP contribution in [0.2, 0.25) is 0 Å². The maximum atomic E-state index is 13.0. The molecule has 0 saturated heterocycles. The highest BCUT2D eigenvalue weighted by atomic mass is 19.1. The molecule has 0 spiro atoms. The van der Waals surface area contributed by atoms with Gasteiger partial charge in [0.25, 0.3) is 0 Å². The molecule has 0 heterocycles. The van der Waals surface area contributed by atoms with Crippen molar-refractivity contribution in [3.05, 3.63) is 42.0 Å². The summed E-state index contributed by atoms with van der Waals surface area (Å²) in [6, 6.07) is 11.9. The summed E-state index contributed by atoms with van der Waals surface area (Å²) in [5, 5.41) is 2.09. The molecular formula is C16H19FO. The lowest BCUT2D eigenvalue weighted by atomic mass is 9.83. The van der Waals surface area contributed by atoms with Gasteiger partial charge < -0.3 is 4.74 Å². The van der Waals surface area contributed by atoms with Gasteiger partial charge in [-0.25, -0.2) is 4.39 Å². The van der Waals surface area contributed by atoms with Gasteiger partial charge in [0, 0.05) is 12.3 Å². The summed E-state index contributed by atoms with van der Waals surface area (Å²) >= 11 is 0. The predicted octanol–water partition coefficient (Wildman–Crippen LogP) is 4.83. The minimum absolute atomic E-state index is 0.0550. The molecule has 0 saturated carbocycles. The summed E-state index contributed by atoms with van der Waals surface area (Å²) in [4.78, 5) is 0. The largest absolute Gasteiger partial charge is 0.460 e. The van der Waals surface area contributed by atoms with Gasteiger partial charge in [0.15, 0.2) is 0 Å². The molecule has 0 fully saturated rings. The Morgan fingerprint density at radius 2 is 1.61 bits per heavy atom. The minimum atomic E-state index is -1.30. The Kier molecular flexibility index (Phi) is 3.29. The summed E-state index contributed by atoms with van der Waals surface area (Å²) < 4.78 is 18.3. The molecule has 1 unspecified atom stereocenters. The first-order valence-corrected chi connectivity index (χ1v) is 6.22. The van der Waals surface area contributed by atoms with Crippen LogP contribution in [0.5, 0.6) is 5.75 Å². The van der Waals surface area contributed by atoms with E-state index in [1.54, 1.807) is 0 Å². The molecule has 0 aliphatic rings. The number of hydrogen-bond donors (Lipinski definition) is 0. The van der Waals surface area contributed by atoms with Crippen molar-refractivity contribution < 1.29 is 9.13 Å². The summed E-state index contributed by atoms with van der Waals surface area (Å²) in [6.45, 7) is 7.92. The van der Waals surface area contributed by atoms with Gasteiger partial charge >= 0.3 is 0 Å². The van der Waals surface area contributed by atoms with Crippen LogP contribution in [0.4, 0.5) is 4.39 Å². The van der Waals surface area contributed by atoms with E-state index < -0.39 is 6.36 Å². The fourth-order valence-corrected chi connectivity index (χ4v) is 2.20. The fourth-order valence-electron chi connectivity index (χ4n) is 2.20. The molecule has 0 aromatic heterocycles. The predicted molar refractivity (Wildman–Crippen MR) is 73.8 cm³/mol. The quantitative estimate of drug-likeness (QED) is 0.737. The van der Waals surface area contributed by atoms with Crippen LogP contribution in [-0.2, 0) is 5.41 Å². The number of benzene rings is 2. The van der Waals surface area contributed by atoms with E-state index in [0.29, 0.717) is 5.75 Å². The Hall–Kier alpha value is -1.57. The van der Waals surface area contributed by atoms with E-state index in [4.69, 9.17) is 4.74 Å². The zero-order chi connectivity index (χ0) is 13.3. The highest BCUT2D eigenvalue weighted by Gasteiger charge is 2.18. The van der Waals surface area contributed by atoms with E-state index in [0.717, 1.165) is 10.8 Å². The molecule has 0 radical (unpaired) electrons. The van der Waals surface area contributed by atoms with Gasteiger partial charge in [-0.3, -0.25) is 0 Å². The lowest BCUT2D eigenvalue weighted by Gasteiger charge is -2.22. The van der Waals surface area contributed by atoms with Gasteiger partial charge in [0.2, 0.25) is 6.36 Å². The third kappa shape index (κ3) is 2.47. The number of fused-ring (bicyclic) bond motifs is 1. The zero-order valence-corrected chi connectivity index (χ0v) is 11.3. The van der Waals surface area contributed by atoms with Crippen LogP contribution < -0.4 is 4.74 Å². The molecule has 0 bridgehead atoms. The summed E-state index contributed by atoms with van der Waals surface area (Å²) in [5.74, 6) is 0.605. The zero-order valence-electron chi connectivity index (χ0n) is 11.3. The first-order chi connectivity index (χ1) is 8.39. The van der Waals surface area contributed by atoms with Gasteiger partial charge in [-0.05, 0) is 22.4 Å². The Morgan fingerprint density at radius 1 is 1.00 bits per heavy atom. The van der Waals surface area contributed by atoms with Crippen molar-refractivity contribution in [2.45, 2.75) is 39.5 Å². The highest BCUT2D eigenvalue weighted by Crippen LogP contribution is 2.35. The van der Waals surface area contributed by atoms with E-state index in [1.807, 2.05) is 30.3 Å². The molecule has 96 valence electrons. The molecular weight excluding hydrogens is 227 g/mol. The molecule has 2 heteroatoms. The number of ether oxygens (including phenoxy) is 1. The van der Waals surface area contributed by atoms with Gasteiger partial charge in [-0.2, -0.15) is 0 Å². The molecule has 0 aliphatic heterocycles. The second-order valence-corrected chi connectivity index (χ2v) is 5.57. The van der Waals surface area contributed by atoms with Crippen LogP contribution >= 0.6 is 0 Å². The van der Waals surface area contributed by atoms with Crippen molar-refractivity contribution >= 4 is 10.8 Å². The van der Waals surface area contributed by atoms with Gasteiger partial charge in [-0.1, -0.05) is 51.1 Å². The number of hydrogen-bond acceptors (Lipinski definition) is 1. The van der Waals surface area contributed by atoms with Crippen molar-refractivity contribution in [3.63, 3.8) is 0 Å². The van der Waals surface area contributed by atoms with E-state index >= 15 is 0 Å². The smallest absolute Gasteiger partial charge is 0.235 e. The maximum Gasteiger partial charge on any atom is 0.235 e. The highest BCUT2D eigenvalue weighted by molar-refractivity contribution is 5.91. The minimum Gasteiger partial charge on any atom is -0.460 e. The number of halogens is 1. The van der Waals surface area contributed by atoms with E-state index in [1.165, 1.54) is 12.5 Å². The van der Waals surface area contributed by atoms with Crippen LogP contribution in [-0.4, -0.2) is 6.36 Å². The van der Waals surface area contributed by atoms with Crippen LogP contribution in [0, 0.1) is 0 Å². The maximum absolute atomic E-state index is 13.0. The summed E-state index contributed by atoms with van der Waals surface area (Å²) in [6.07, 6.45) is -1.30. The molecule has 0 N–H and O–H groups in total. The van der Waals surface area contributed by atoms with Crippen molar-refractivity contribution in [1.82, 2.24) is 0 Å². The third-order valence-corrected chi connectivity index (χ3v) is 2.98. The normalized spacial score (nSPS) is 13.6. The molecule has 1 atom stereocenters. The van der Waals surface area contributed by atoms with E-state index in [2.05, 4.69) is 26.8 Å². The summed E-state index contributed by atoms with van der Waals surface area (Å²) in [5.41, 5.74) is 1.30. The molecule has 18 heavy (non-hydrogen) atoms. The van der Waals surface area contributed by atoms with Gasteiger partial charge in [-0.15, -0.1) is 0 Å². The van der Waals surface area contributed by atoms with Crippen molar-refractivity contribution in [2.24, 2.45) is 0 Å². The third-order valence-electron chi connectivity index (χ3n) is 2.98. The Balaban J connectivity index is 2.66. The Bertz CT molecular complexity index is 553. The van der Waals surface area contributed by atoms with Crippen LogP contribution in [0.25, 0.3) is 10.8 Å². The van der Waals surface area contributed by atoms with Crippen molar-refractivity contribution in [1.29, 1.82) is 0 Å². The molecule has 2 aromatic rings. The van der Waals surface area contributed by atoms with Gasteiger partial charge in [0.05, 0.1) is 0 Å². The first-order valence-electron chi connectivity index (χ1n) is 6.22. The average Bonchev–Trinajstić information content (AvgIpc) is 2.27. The monoisotopic (exact) mass is 246 g/mol. The lowest BCUT2D eigenvalue weighted by Crippen LogP contribution is -2.12. The molecule has 2 aromatic carbocycles. The second kappa shape index (κ2) is 4.60. The van der Waals surface area contributed by atoms with Crippen LogP contribution in [0.15, 0.2) is 36.4 Å². The van der Waals surface area contributed by atoms with Crippen molar-refractivity contribution in [2.75, 3.05) is 0 Å². The topological polar surface area (TPSA) is 9.23 Å². The molecule has 1 nitrogen and oxygen atoms in total. The summed E-state index contributed by atoms with van der Waals surface area (Å²) in [7, 11) is 0. The average molecular weight is 246 g/mol. The Labute approximate surface area is 108 Å². The number of rotatable bonds is 2.